The van der Waals surface area contributed by atoms with E-state index in [2.05, 4.69) is 49.9 Å². The SMILES string of the molecule is CCCCCC(C)NCCSc1nc(C)c(C)c(C)n1. The van der Waals surface area contributed by atoms with Gasteiger partial charge in [-0.1, -0.05) is 37.9 Å². The summed E-state index contributed by atoms with van der Waals surface area (Å²) < 4.78 is 0. The first-order valence-corrected chi connectivity index (χ1v) is 8.71. The Kier molecular flexibility index (Phi) is 8.15. The maximum atomic E-state index is 4.53. The summed E-state index contributed by atoms with van der Waals surface area (Å²) in [7, 11) is 0. The number of nitrogens with one attached hydrogen (secondary N) is 1. The van der Waals surface area contributed by atoms with E-state index in [-0.39, 0.29) is 0 Å². The third kappa shape index (κ3) is 6.23. The molecule has 1 aromatic rings. The summed E-state index contributed by atoms with van der Waals surface area (Å²) in [5.74, 6) is 1.03. The number of unbranched alkanes of at least 4 members (excludes halogenated alkanes) is 2. The van der Waals surface area contributed by atoms with E-state index in [0.717, 1.165) is 28.8 Å². The summed E-state index contributed by atoms with van der Waals surface area (Å²) in [5, 5.41) is 4.48. The van der Waals surface area contributed by atoms with Crippen molar-refractivity contribution in [3.8, 4) is 0 Å². The van der Waals surface area contributed by atoms with E-state index < -0.39 is 0 Å². The summed E-state index contributed by atoms with van der Waals surface area (Å²) in [4.78, 5) is 9.07. The number of nitrogens with zero attached hydrogens (tertiary/aromatic N) is 2. The van der Waals surface area contributed by atoms with E-state index in [4.69, 9.17) is 0 Å². The normalized spacial score (nSPS) is 12.7. The van der Waals surface area contributed by atoms with E-state index in [1.807, 2.05) is 0 Å². The first-order valence-electron chi connectivity index (χ1n) is 7.72. The highest BCUT2D eigenvalue weighted by atomic mass is 32.2. The summed E-state index contributed by atoms with van der Waals surface area (Å²) in [6.45, 7) is 11.7. The molecule has 0 radical (unpaired) electrons. The summed E-state index contributed by atoms with van der Waals surface area (Å²) >= 11 is 1.74. The molecule has 0 amide bonds. The average molecular weight is 295 g/mol. The molecule has 1 unspecified atom stereocenters. The number of aromatic nitrogens is 2. The number of rotatable bonds is 9. The molecule has 0 aromatic carbocycles. The minimum atomic E-state index is 0.615. The first kappa shape index (κ1) is 17.4. The molecule has 1 N–H and O–H groups in total. The fourth-order valence-corrected chi connectivity index (χ4v) is 2.86. The lowest BCUT2D eigenvalue weighted by Gasteiger charge is -2.13. The quantitative estimate of drug-likeness (QED) is 0.424. The molecule has 1 rings (SSSR count). The minimum absolute atomic E-state index is 0.615. The zero-order valence-corrected chi connectivity index (χ0v) is 14.4. The van der Waals surface area contributed by atoms with Crippen molar-refractivity contribution < 1.29 is 0 Å². The van der Waals surface area contributed by atoms with Crippen molar-refractivity contribution in [2.24, 2.45) is 0 Å². The van der Waals surface area contributed by atoms with Crippen LogP contribution in [0.1, 0.15) is 56.5 Å². The van der Waals surface area contributed by atoms with Crippen LogP contribution >= 0.6 is 11.8 Å². The molecule has 1 aromatic heterocycles. The zero-order valence-electron chi connectivity index (χ0n) is 13.6. The van der Waals surface area contributed by atoms with Crippen LogP contribution in [0.15, 0.2) is 5.16 Å². The van der Waals surface area contributed by atoms with Crippen LogP contribution in [-0.4, -0.2) is 28.3 Å². The first-order chi connectivity index (χ1) is 9.54. The molecule has 0 aliphatic heterocycles. The third-order valence-corrected chi connectivity index (χ3v) is 4.53. The molecule has 3 nitrogen and oxygen atoms in total. The van der Waals surface area contributed by atoms with E-state index in [1.54, 1.807) is 11.8 Å². The van der Waals surface area contributed by atoms with Crippen LogP contribution in [0.4, 0.5) is 0 Å². The smallest absolute Gasteiger partial charge is 0.188 e. The van der Waals surface area contributed by atoms with Gasteiger partial charge in [-0.25, -0.2) is 9.97 Å². The Morgan fingerprint density at radius 3 is 2.35 bits per heavy atom. The largest absolute Gasteiger partial charge is 0.313 e. The van der Waals surface area contributed by atoms with Gasteiger partial charge in [-0.3, -0.25) is 0 Å². The van der Waals surface area contributed by atoms with Crippen molar-refractivity contribution in [2.45, 2.75) is 71.5 Å². The summed E-state index contributed by atoms with van der Waals surface area (Å²) in [6, 6.07) is 0.615. The van der Waals surface area contributed by atoms with Gasteiger partial charge in [-0.2, -0.15) is 0 Å². The predicted molar refractivity (Wildman–Crippen MR) is 88.6 cm³/mol. The molecule has 4 heteroatoms. The van der Waals surface area contributed by atoms with Gasteiger partial charge in [0.05, 0.1) is 0 Å². The van der Waals surface area contributed by atoms with Gasteiger partial charge in [0.15, 0.2) is 5.16 Å². The topological polar surface area (TPSA) is 37.8 Å². The van der Waals surface area contributed by atoms with Crippen LogP contribution in [-0.2, 0) is 0 Å². The van der Waals surface area contributed by atoms with Crippen LogP contribution in [0.3, 0.4) is 0 Å². The van der Waals surface area contributed by atoms with Gasteiger partial charge in [0.25, 0.3) is 0 Å². The number of aryl methyl sites for hydroxylation is 2. The Labute approximate surface area is 128 Å². The standard InChI is InChI=1S/C16H29N3S/c1-6-7-8-9-12(2)17-10-11-20-16-18-14(4)13(3)15(5)19-16/h12,17H,6-11H2,1-5H3. The second kappa shape index (κ2) is 9.35. The van der Waals surface area contributed by atoms with Crippen LogP contribution in [0.2, 0.25) is 0 Å². The fraction of sp³-hybridized carbons (Fsp3) is 0.750. The van der Waals surface area contributed by atoms with Gasteiger partial charge >= 0.3 is 0 Å². The molecule has 20 heavy (non-hydrogen) atoms. The lowest BCUT2D eigenvalue weighted by Crippen LogP contribution is -2.28. The molecule has 0 fully saturated rings. The predicted octanol–water partition coefficient (Wildman–Crippen LogP) is 4.05. The van der Waals surface area contributed by atoms with E-state index in [0.29, 0.717) is 6.04 Å². The molecule has 114 valence electrons. The van der Waals surface area contributed by atoms with Crippen molar-refractivity contribution >= 4 is 11.8 Å². The molecule has 0 spiro atoms. The number of hydrogen-bond donors (Lipinski definition) is 1. The van der Waals surface area contributed by atoms with Gasteiger partial charge in [0, 0.05) is 29.7 Å². The Bertz CT molecular complexity index is 384. The molecule has 0 saturated carbocycles. The molecule has 0 saturated heterocycles. The second-order valence-corrected chi connectivity index (χ2v) is 6.56. The Morgan fingerprint density at radius 2 is 1.75 bits per heavy atom. The van der Waals surface area contributed by atoms with Crippen LogP contribution < -0.4 is 5.32 Å². The van der Waals surface area contributed by atoms with Crippen molar-refractivity contribution in [3.63, 3.8) is 0 Å². The Morgan fingerprint density at radius 1 is 1.10 bits per heavy atom. The second-order valence-electron chi connectivity index (χ2n) is 5.50. The van der Waals surface area contributed by atoms with Crippen molar-refractivity contribution in [3.05, 3.63) is 17.0 Å². The van der Waals surface area contributed by atoms with Gasteiger partial charge < -0.3 is 5.32 Å². The van der Waals surface area contributed by atoms with Gasteiger partial charge in [0.1, 0.15) is 0 Å². The van der Waals surface area contributed by atoms with E-state index in [1.165, 1.54) is 31.2 Å². The lowest BCUT2D eigenvalue weighted by atomic mass is 10.1. The van der Waals surface area contributed by atoms with Crippen LogP contribution in [0.25, 0.3) is 0 Å². The monoisotopic (exact) mass is 295 g/mol. The third-order valence-electron chi connectivity index (χ3n) is 3.68. The maximum Gasteiger partial charge on any atom is 0.188 e. The lowest BCUT2D eigenvalue weighted by molar-refractivity contribution is 0.502. The molecule has 0 bridgehead atoms. The van der Waals surface area contributed by atoms with Gasteiger partial charge in [0.2, 0.25) is 0 Å². The molecule has 1 heterocycles. The Balaban J connectivity index is 2.24. The summed E-state index contributed by atoms with van der Waals surface area (Å²) in [6.07, 6.45) is 5.25. The van der Waals surface area contributed by atoms with Crippen LogP contribution in [0, 0.1) is 20.8 Å². The van der Waals surface area contributed by atoms with Gasteiger partial charge in [-0.15, -0.1) is 0 Å². The van der Waals surface area contributed by atoms with E-state index >= 15 is 0 Å². The highest BCUT2D eigenvalue weighted by Crippen LogP contribution is 2.16. The molecule has 1 atom stereocenters. The fourth-order valence-electron chi connectivity index (χ4n) is 2.06. The number of thioether (sulfide) groups is 1. The maximum absolute atomic E-state index is 4.53. The highest BCUT2D eigenvalue weighted by Gasteiger charge is 2.05. The van der Waals surface area contributed by atoms with Crippen molar-refractivity contribution in [1.82, 2.24) is 15.3 Å². The van der Waals surface area contributed by atoms with E-state index in [9.17, 15) is 0 Å². The molecule has 0 aliphatic rings. The van der Waals surface area contributed by atoms with Crippen LogP contribution in [0.5, 0.6) is 0 Å². The van der Waals surface area contributed by atoms with Crippen molar-refractivity contribution in [1.29, 1.82) is 0 Å². The van der Waals surface area contributed by atoms with Crippen molar-refractivity contribution in [2.75, 3.05) is 12.3 Å². The molecular formula is C16H29N3S. The average Bonchev–Trinajstić information content (AvgIpc) is 2.41. The summed E-state index contributed by atoms with van der Waals surface area (Å²) in [5.41, 5.74) is 3.40. The zero-order chi connectivity index (χ0) is 15.0. The number of hydrogen-bond acceptors (Lipinski definition) is 4. The molecular weight excluding hydrogens is 266 g/mol. The highest BCUT2D eigenvalue weighted by molar-refractivity contribution is 7.99. The Hall–Kier alpha value is -0.610. The molecule has 0 aliphatic carbocycles. The van der Waals surface area contributed by atoms with Gasteiger partial charge in [-0.05, 0) is 39.7 Å². The minimum Gasteiger partial charge on any atom is -0.313 e.